The number of allylic oxidation sites excluding steroid dienone is 4. The molecule has 0 amide bonds. The van der Waals surface area contributed by atoms with Crippen LogP contribution in [0.5, 0.6) is 0 Å². The van der Waals surface area contributed by atoms with Gasteiger partial charge < -0.3 is 4.74 Å². The minimum Gasteiger partial charge on any atom is -0.495 e. The standard InChI is InChI=1S/C13H24O.C2H6/c1-6-8-9-10-11(3)13(5)14-12(4)7-2;1-2/h9-10,12H,6-8H2,1-5H3;1-2H3/b10-9+,13-11+;. The van der Waals surface area contributed by atoms with Gasteiger partial charge in [0, 0.05) is 0 Å². The minimum atomic E-state index is 0.324. The Morgan fingerprint density at radius 3 is 2.19 bits per heavy atom. The lowest BCUT2D eigenvalue weighted by molar-refractivity contribution is 0.128. The van der Waals surface area contributed by atoms with Crippen LogP contribution in [0.15, 0.2) is 23.5 Å². The molecule has 96 valence electrons. The molecule has 0 rings (SSSR count). The Hall–Kier alpha value is -0.720. The second-order valence-corrected chi connectivity index (χ2v) is 3.77. The Kier molecular flexibility index (Phi) is 13.6. The fraction of sp³-hybridized carbons (Fsp3) is 0.733. The summed E-state index contributed by atoms with van der Waals surface area (Å²) in [4.78, 5) is 0. The number of rotatable bonds is 6. The first-order valence-corrected chi connectivity index (χ1v) is 6.62. The van der Waals surface area contributed by atoms with Crippen molar-refractivity contribution in [1.82, 2.24) is 0 Å². The van der Waals surface area contributed by atoms with Gasteiger partial charge in [-0.1, -0.05) is 46.3 Å². The summed E-state index contributed by atoms with van der Waals surface area (Å²) in [7, 11) is 0. The molecule has 0 N–H and O–H groups in total. The summed E-state index contributed by atoms with van der Waals surface area (Å²) in [6.45, 7) is 14.6. The lowest BCUT2D eigenvalue weighted by atomic mass is 10.2. The third-order valence-corrected chi connectivity index (χ3v) is 2.33. The van der Waals surface area contributed by atoms with Gasteiger partial charge in [-0.3, -0.25) is 0 Å². The van der Waals surface area contributed by atoms with Crippen molar-refractivity contribution in [3.8, 4) is 0 Å². The maximum absolute atomic E-state index is 5.72. The van der Waals surface area contributed by atoms with Gasteiger partial charge in [-0.15, -0.1) is 0 Å². The maximum Gasteiger partial charge on any atom is 0.0961 e. The van der Waals surface area contributed by atoms with Gasteiger partial charge in [0.1, 0.15) is 0 Å². The molecule has 0 saturated heterocycles. The Morgan fingerprint density at radius 1 is 1.19 bits per heavy atom. The van der Waals surface area contributed by atoms with E-state index in [1.165, 1.54) is 12.0 Å². The van der Waals surface area contributed by atoms with Gasteiger partial charge in [-0.05, 0) is 39.2 Å². The molecule has 0 bridgehead atoms. The summed E-state index contributed by atoms with van der Waals surface area (Å²) in [6.07, 6.45) is 8.09. The van der Waals surface area contributed by atoms with Gasteiger partial charge in [0.15, 0.2) is 0 Å². The molecule has 1 nitrogen and oxygen atoms in total. The van der Waals surface area contributed by atoms with Crippen molar-refractivity contribution in [2.75, 3.05) is 0 Å². The minimum absolute atomic E-state index is 0.324. The van der Waals surface area contributed by atoms with E-state index in [2.05, 4.69) is 39.8 Å². The first-order valence-electron chi connectivity index (χ1n) is 6.62. The van der Waals surface area contributed by atoms with Gasteiger partial charge in [-0.25, -0.2) is 0 Å². The number of hydrogen-bond acceptors (Lipinski definition) is 1. The molecule has 16 heavy (non-hydrogen) atoms. The predicted octanol–water partition coefficient (Wildman–Crippen LogP) is 5.48. The Morgan fingerprint density at radius 2 is 1.75 bits per heavy atom. The van der Waals surface area contributed by atoms with E-state index in [-0.39, 0.29) is 0 Å². The van der Waals surface area contributed by atoms with Crippen LogP contribution in [-0.2, 0) is 4.74 Å². The lowest BCUT2D eigenvalue weighted by Crippen LogP contribution is -2.05. The van der Waals surface area contributed by atoms with Crippen LogP contribution < -0.4 is 0 Å². The van der Waals surface area contributed by atoms with E-state index in [4.69, 9.17) is 4.74 Å². The highest BCUT2D eigenvalue weighted by Crippen LogP contribution is 2.11. The zero-order chi connectivity index (χ0) is 13.0. The molecule has 0 aliphatic carbocycles. The highest BCUT2D eigenvalue weighted by Gasteiger charge is 2.00. The monoisotopic (exact) mass is 226 g/mol. The van der Waals surface area contributed by atoms with Crippen molar-refractivity contribution in [1.29, 1.82) is 0 Å². The molecule has 0 aromatic carbocycles. The molecular weight excluding hydrogens is 196 g/mol. The van der Waals surface area contributed by atoms with Crippen molar-refractivity contribution in [3.63, 3.8) is 0 Å². The maximum atomic E-state index is 5.72. The van der Waals surface area contributed by atoms with E-state index in [1.807, 2.05) is 20.8 Å². The SMILES string of the molecule is CC.CCC/C=C/C(C)=C(\C)OC(C)CC. The molecular formula is C15H30O. The molecule has 0 aromatic rings. The lowest BCUT2D eigenvalue weighted by Gasteiger charge is -2.14. The van der Waals surface area contributed by atoms with Crippen LogP contribution in [0.25, 0.3) is 0 Å². The zero-order valence-corrected chi connectivity index (χ0v) is 12.3. The van der Waals surface area contributed by atoms with Crippen molar-refractivity contribution in [2.24, 2.45) is 0 Å². The van der Waals surface area contributed by atoms with Crippen LogP contribution in [0, 0.1) is 0 Å². The normalized spacial score (nSPS) is 13.9. The van der Waals surface area contributed by atoms with Gasteiger partial charge >= 0.3 is 0 Å². The molecule has 0 aliphatic heterocycles. The van der Waals surface area contributed by atoms with E-state index in [0.717, 1.165) is 18.6 Å². The Labute approximate surface area is 103 Å². The van der Waals surface area contributed by atoms with E-state index >= 15 is 0 Å². The summed E-state index contributed by atoms with van der Waals surface area (Å²) < 4.78 is 5.72. The van der Waals surface area contributed by atoms with Crippen molar-refractivity contribution in [3.05, 3.63) is 23.5 Å². The third kappa shape index (κ3) is 9.82. The molecule has 0 aliphatic rings. The number of ether oxygens (including phenoxy) is 1. The molecule has 0 heterocycles. The van der Waals surface area contributed by atoms with Crippen LogP contribution in [0.1, 0.15) is 67.7 Å². The topological polar surface area (TPSA) is 9.23 Å². The fourth-order valence-electron chi connectivity index (χ4n) is 1.02. The van der Waals surface area contributed by atoms with Gasteiger partial charge in [0.2, 0.25) is 0 Å². The number of unbranched alkanes of at least 4 members (excludes halogenated alkanes) is 1. The quantitative estimate of drug-likeness (QED) is 0.430. The summed E-state index contributed by atoms with van der Waals surface area (Å²) in [5.74, 6) is 1.05. The molecule has 0 fully saturated rings. The van der Waals surface area contributed by atoms with E-state index < -0.39 is 0 Å². The molecule has 0 saturated carbocycles. The van der Waals surface area contributed by atoms with E-state index in [9.17, 15) is 0 Å². The fourth-order valence-corrected chi connectivity index (χ4v) is 1.02. The van der Waals surface area contributed by atoms with Crippen molar-refractivity contribution >= 4 is 0 Å². The van der Waals surface area contributed by atoms with Gasteiger partial charge in [0.25, 0.3) is 0 Å². The average molecular weight is 226 g/mol. The largest absolute Gasteiger partial charge is 0.495 e. The summed E-state index contributed by atoms with van der Waals surface area (Å²) in [6, 6.07) is 0. The smallest absolute Gasteiger partial charge is 0.0961 e. The van der Waals surface area contributed by atoms with Gasteiger partial charge in [-0.2, -0.15) is 0 Å². The molecule has 0 radical (unpaired) electrons. The highest BCUT2D eigenvalue weighted by atomic mass is 16.5. The zero-order valence-electron chi connectivity index (χ0n) is 12.3. The summed E-state index contributed by atoms with van der Waals surface area (Å²) in [5.41, 5.74) is 1.23. The van der Waals surface area contributed by atoms with Crippen molar-refractivity contribution < 1.29 is 4.74 Å². The second kappa shape index (κ2) is 12.4. The molecule has 0 spiro atoms. The number of hydrogen-bond donors (Lipinski definition) is 0. The molecule has 1 heteroatoms. The van der Waals surface area contributed by atoms with E-state index in [1.54, 1.807) is 0 Å². The molecule has 1 unspecified atom stereocenters. The molecule has 0 aromatic heterocycles. The van der Waals surface area contributed by atoms with Crippen molar-refractivity contribution in [2.45, 2.75) is 73.8 Å². The average Bonchev–Trinajstić information content (AvgIpc) is 2.31. The van der Waals surface area contributed by atoms with Crippen LogP contribution in [0.4, 0.5) is 0 Å². The van der Waals surface area contributed by atoms with E-state index in [0.29, 0.717) is 6.10 Å². The Bertz CT molecular complexity index is 201. The summed E-state index contributed by atoms with van der Waals surface area (Å²) >= 11 is 0. The van der Waals surface area contributed by atoms with Gasteiger partial charge in [0.05, 0.1) is 11.9 Å². The van der Waals surface area contributed by atoms with Crippen LogP contribution in [0.2, 0.25) is 0 Å². The first-order chi connectivity index (χ1) is 7.61. The second-order valence-electron chi connectivity index (χ2n) is 3.77. The van der Waals surface area contributed by atoms with Crippen LogP contribution >= 0.6 is 0 Å². The first kappa shape index (κ1) is 17.7. The van der Waals surface area contributed by atoms with Crippen LogP contribution in [-0.4, -0.2) is 6.10 Å². The van der Waals surface area contributed by atoms with Crippen LogP contribution in [0.3, 0.4) is 0 Å². The third-order valence-electron chi connectivity index (χ3n) is 2.33. The molecule has 1 atom stereocenters. The Balaban J connectivity index is 0. The highest BCUT2D eigenvalue weighted by molar-refractivity contribution is 5.18. The summed E-state index contributed by atoms with van der Waals surface area (Å²) in [5, 5.41) is 0. The predicted molar refractivity (Wildman–Crippen MR) is 74.6 cm³/mol.